The van der Waals surface area contributed by atoms with E-state index in [2.05, 4.69) is 12.6 Å². The molecule has 0 atom stereocenters. The predicted molar refractivity (Wildman–Crippen MR) is 38.8 cm³/mol. The van der Waals surface area contributed by atoms with Crippen LogP contribution in [-0.2, 0) is 0 Å². The Morgan fingerprint density at radius 1 is 1.78 bits per heavy atom. The Morgan fingerprint density at radius 2 is 2.44 bits per heavy atom. The van der Waals surface area contributed by atoms with Gasteiger partial charge in [0.25, 0.3) is 0 Å². The maximum absolute atomic E-state index is 8.15. The van der Waals surface area contributed by atoms with Gasteiger partial charge < -0.3 is 0 Å². The van der Waals surface area contributed by atoms with Crippen molar-refractivity contribution in [2.24, 2.45) is 0 Å². The fourth-order valence-electron chi connectivity index (χ4n) is 0.448. The zero-order valence-electron chi connectivity index (χ0n) is 5.72. The Labute approximate surface area is 56.3 Å². The van der Waals surface area contributed by atoms with E-state index in [0.717, 1.165) is 12.0 Å². The molecular formula is C8H11N. The predicted octanol–water partition coefficient (Wildman–Crippen LogP) is 2.42. The third-order valence-corrected chi connectivity index (χ3v) is 1.04. The van der Waals surface area contributed by atoms with Gasteiger partial charge in [-0.15, -0.1) is 0 Å². The minimum absolute atomic E-state index is 0.602. The van der Waals surface area contributed by atoms with Crippen LogP contribution < -0.4 is 0 Å². The number of nitrogens with zero attached hydrogens (tertiary/aromatic N) is 1. The summed E-state index contributed by atoms with van der Waals surface area (Å²) < 4.78 is 0. The molecule has 0 bridgehead atoms. The average Bonchev–Trinajstić information content (AvgIpc) is 1.89. The van der Waals surface area contributed by atoms with Crippen molar-refractivity contribution < 1.29 is 0 Å². The lowest BCUT2D eigenvalue weighted by Crippen LogP contribution is -1.68. The lowest BCUT2D eigenvalue weighted by atomic mass is 10.2. The van der Waals surface area contributed by atoms with Crippen molar-refractivity contribution in [3.63, 3.8) is 0 Å². The molecule has 0 N–H and O–H groups in total. The maximum Gasteiger partial charge on any atom is 0.0625 e. The molecule has 0 amide bonds. The first-order valence-corrected chi connectivity index (χ1v) is 2.97. The van der Waals surface area contributed by atoms with Gasteiger partial charge in [0.1, 0.15) is 0 Å². The fraction of sp³-hybridized carbons (Fsp3) is 0.375. The van der Waals surface area contributed by atoms with Gasteiger partial charge in [-0.25, -0.2) is 0 Å². The number of hydrogen-bond acceptors (Lipinski definition) is 1. The molecule has 48 valence electrons. The van der Waals surface area contributed by atoms with Crippen molar-refractivity contribution in [3.05, 3.63) is 24.3 Å². The summed E-state index contributed by atoms with van der Waals surface area (Å²) in [5, 5.41) is 8.15. The van der Waals surface area contributed by atoms with Crippen LogP contribution >= 0.6 is 0 Å². The third kappa shape index (κ3) is 4.83. The van der Waals surface area contributed by atoms with Gasteiger partial charge in [-0.3, -0.25) is 0 Å². The Kier molecular flexibility index (Phi) is 4.53. The van der Waals surface area contributed by atoms with Gasteiger partial charge >= 0.3 is 0 Å². The number of rotatable bonds is 3. The smallest absolute Gasteiger partial charge is 0.0625 e. The Morgan fingerprint density at radius 3 is 2.89 bits per heavy atom. The number of unbranched alkanes of at least 4 members (excludes halogenated alkanes) is 1. The van der Waals surface area contributed by atoms with E-state index in [9.17, 15) is 0 Å². The van der Waals surface area contributed by atoms with E-state index in [1.807, 2.05) is 13.0 Å². The van der Waals surface area contributed by atoms with Gasteiger partial charge in [-0.1, -0.05) is 24.3 Å². The summed E-state index contributed by atoms with van der Waals surface area (Å²) >= 11 is 0. The molecule has 0 saturated carbocycles. The first-order chi connectivity index (χ1) is 4.31. The lowest BCUT2D eigenvalue weighted by Gasteiger charge is -1.86. The molecule has 0 rings (SSSR count). The van der Waals surface area contributed by atoms with E-state index in [-0.39, 0.29) is 0 Å². The van der Waals surface area contributed by atoms with Gasteiger partial charge in [-0.2, -0.15) is 5.26 Å². The molecule has 0 aromatic heterocycles. The number of nitriles is 1. The standard InChI is InChI=1S/C8H11N/c1-3-8(2)6-4-5-7-9/h3,6H,1,4-5H2,2H3/b8-6-. The van der Waals surface area contributed by atoms with Crippen molar-refractivity contribution in [2.45, 2.75) is 19.8 Å². The van der Waals surface area contributed by atoms with Crippen LogP contribution in [0.2, 0.25) is 0 Å². The second kappa shape index (κ2) is 5.11. The van der Waals surface area contributed by atoms with Crippen molar-refractivity contribution in [3.8, 4) is 6.07 Å². The van der Waals surface area contributed by atoms with Crippen LogP contribution in [0.4, 0.5) is 0 Å². The highest BCUT2D eigenvalue weighted by molar-refractivity contribution is 5.12. The summed E-state index contributed by atoms with van der Waals surface area (Å²) in [7, 11) is 0. The maximum atomic E-state index is 8.15. The summed E-state index contributed by atoms with van der Waals surface area (Å²) in [5.41, 5.74) is 1.14. The van der Waals surface area contributed by atoms with Crippen LogP contribution in [0.15, 0.2) is 24.3 Å². The molecule has 0 heterocycles. The molecule has 1 heteroatoms. The highest BCUT2D eigenvalue weighted by atomic mass is 14.2. The van der Waals surface area contributed by atoms with Crippen LogP contribution in [-0.4, -0.2) is 0 Å². The van der Waals surface area contributed by atoms with Crippen LogP contribution in [0.3, 0.4) is 0 Å². The normalized spacial score (nSPS) is 10.4. The second-order valence-electron chi connectivity index (χ2n) is 1.85. The summed E-state index contributed by atoms with van der Waals surface area (Å²) in [4.78, 5) is 0. The van der Waals surface area contributed by atoms with Gasteiger partial charge in [0.2, 0.25) is 0 Å². The first-order valence-electron chi connectivity index (χ1n) is 2.97. The molecule has 1 nitrogen and oxygen atoms in total. The van der Waals surface area contributed by atoms with Crippen LogP contribution in [0.1, 0.15) is 19.8 Å². The molecule has 0 radical (unpaired) electrons. The quantitative estimate of drug-likeness (QED) is 0.415. The van der Waals surface area contributed by atoms with E-state index < -0.39 is 0 Å². The Bertz CT molecular complexity index is 148. The van der Waals surface area contributed by atoms with Crippen LogP contribution in [0, 0.1) is 11.3 Å². The zero-order valence-corrected chi connectivity index (χ0v) is 5.72. The third-order valence-electron chi connectivity index (χ3n) is 1.04. The van der Waals surface area contributed by atoms with Crippen molar-refractivity contribution >= 4 is 0 Å². The van der Waals surface area contributed by atoms with Gasteiger partial charge in [0, 0.05) is 6.42 Å². The molecule has 0 unspecified atom stereocenters. The highest BCUT2D eigenvalue weighted by Crippen LogP contribution is 1.97. The molecule has 9 heavy (non-hydrogen) atoms. The van der Waals surface area contributed by atoms with Crippen LogP contribution in [0.5, 0.6) is 0 Å². The number of hydrogen-bond donors (Lipinski definition) is 0. The summed E-state index contributed by atoms with van der Waals surface area (Å²) in [5.74, 6) is 0. The molecule has 0 spiro atoms. The van der Waals surface area contributed by atoms with Gasteiger partial charge in [0.15, 0.2) is 0 Å². The molecule has 0 aromatic carbocycles. The molecule has 0 saturated heterocycles. The minimum Gasteiger partial charge on any atom is -0.198 e. The van der Waals surface area contributed by atoms with Gasteiger partial charge in [-0.05, 0) is 13.3 Å². The van der Waals surface area contributed by atoms with E-state index in [1.165, 1.54) is 0 Å². The largest absolute Gasteiger partial charge is 0.198 e. The molecule has 0 fully saturated rings. The molecule has 0 aliphatic rings. The van der Waals surface area contributed by atoms with E-state index >= 15 is 0 Å². The Hall–Kier alpha value is -1.03. The summed E-state index contributed by atoms with van der Waals surface area (Å²) in [6.07, 6.45) is 5.24. The van der Waals surface area contributed by atoms with E-state index in [0.29, 0.717) is 6.42 Å². The molecule has 0 aliphatic heterocycles. The van der Waals surface area contributed by atoms with Crippen molar-refractivity contribution in [2.75, 3.05) is 0 Å². The van der Waals surface area contributed by atoms with E-state index in [1.54, 1.807) is 6.08 Å². The van der Waals surface area contributed by atoms with Crippen LogP contribution in [0.25, 0.3) is 0 Å². The zero-order chi connectivity index (χ0) is 7.11. The highest BCUT2D eigenvalue weighted by Gasteiger charge is 1.79. The number of allylic oxidation sites excluding steroid dienone is 3. The second-order valence-corrected chi connectivity index (χ2v) is 1.85. The monoisotopic (exact) mass is 121 g/mol. The van der Waals surface area contributed by atoms with Crippen molar-refractivity contribution in [1.82, 2.24) is 0 Å². The molecular weight excluding hydrogens is 110 g/mol. The summed E-state index contributed by atoms with van der Waals surface area (Å²) in [6.45, 7) is 5.56. The Balaban J connectivity index is 3.46. The average molecular weight is 121 g/mol. The summed E-state index contributed by atoms with van der Waals surface area (Å²) in [6, 6.07) is 2.07. The van der Waals surface area contributed by atoms with E-state index in [4.69, 9.17) is 5.26 Å². The van der Waals surface area contributed by atoms with Crippen molar-refractivity contribution in [1.29, 1.82) is 5.26 Å². The first kappa shape index (κ1) is 7.97. The minimum atomic E-state index is 0.602. The lowest BCUT2D eigenvalue weighted by molar-refractivity contribution is 1.05. The van der Waals surface area contributed by atoms with Gasteiger partial charge in [0.05, 0.1) is 6.07 Å². The topological polar surface area (TPSA) is 23.8 Å². The SMILES string of the molecule is C=C/C(C)=C\CCC#N. The molecule has 0 aromatic rings. The fourth-order valence-corrected chi connectivity index (χ4v) is 0.448. The molecule has 0 aliphatic carbocycles.